The van der Waals surface area contributed by atoms with Gasteiger partial charge in [-0.15, -0.1) is 11.5 Å². The SMILES string of the molecule is C[Si](C)(C)C#CCC(c1cc(F)ccc1F)N1Cc2c(F)cc(Cl)cc2C1=O. The number of halogens is 4. The van der Waals surface area contributed by atoms with Crippen LogP contribution in [0.3, 0.4) is 0 Å². The van der Waals surface area contributed by atoms with E-state index in [1.807, 2.05) is 0 Å². The Balaban J connectivity index is 2.04. The van der Waals surface area contributed by atoms with Gasteiger partial charge in [-0.2, -0.15) is 0 Å². The Bertz CT molecular complexity index is 1010. The summed E-state index contributed by atoms with van der Waals surface area (Å²) in [5.74, 6) is 0.716. The first-order chi connectivity index (χ1) is 13.1. The first-order valence-corrected chi connectivity index (χ1v) is 12.7. The molecule has 1 amide bonds. The normalized spacial score (nSPS) is 14.5. The Morgan fingerprint density at radius 1 is 1.14 bits per heavy atom. The highest BCUT2D eigenvalue weighted by molar-refractivity contribution is 6.83. The zero-order valence-corrected chi connectivity index (χ0v) is 17.5. The lowest BCUT2D eigenvalue weighted by Crippen LogP contribution is -2.30. The van der Waals surface area contributed by atoms with Gasteiger partial charge in [-0.1, -0.05) is 31.2 Å². The van der Waals surface area contributed by atoms with Crippen molar-refractivity contribution < 1.29 is 18.0 Å². The lowest BCUT2D eigenvalue weighted by Gasteiger charge is -2.27. The van der Waals surface area contributed by atoms with Gasteiger partial charge in [0.05, 0.1) is 12.6 Å². The highest BCUT2D eigenvalue weighted by Gasteiger charge is 2.36. The van der Waals surface area contributed by atoms with Gasteiger partial charge in [0.15, 0.2) is 0 Å². The summed E-state index contributed by atoms with van der Waals surface area (Å²) in [7, 11) is -1.70. The molecule has 1 heterocycles. The molecule has 1 unspecified atom stereocenters. The summed E-state index contributed by atoms with van der Waals surface area (Å²) in [6, 6.07) is 4.81. The van der Waals surface area contributed by atoms with Crippen LogP contribution in [0.1, 0.15) is 33.9 Å². The number of hydrogen-bond donors (Lipinski definition) is 0. The predicted molar refractivity (Wildman–Crippen MR) is 106 cm³/mol. The van der Waals surface area contributed by atoms with Crippen molar-refractivity contribution in [3.8, 4) is 11.5 Å². The van der Waals surface area contributed by atoms with Crippen LogP contribution in [0.2, 0.25) is 24.7 Å². The van der Waals surface area contributed by atoms with E-state index >= 15 is 0 Å². The second-order valence-corrected chi connectivity index (χ2v) is 13.0. The van der Waals surface area contributed by atoms with Crippen LogP contribution < -0.4 is 0 Å². The van der Waals surface area contributed by atoms with Crippen LogP contribution in [0.25, 0.3) is 0 Å². The number of hydrogen-bond acceptors (Lipinski definition) is 1. The van der Waals surface area contributed by atoms with Gasteiger partial charge in [0.25, 0.3) is 5.91 Å². The molecule has 1 atom stereocenters. The van der Waals surface area contributed by atoms with Crippen LogP contribution in [0.4, 0.5) is 13.2 Å². The van der Waals surface area contributed by atoms with E-state index in [1.165, 1.54) is 11.0 Å². The molecule has 0 spiro atoms. The molecule has 0 fully saturated rings. The van der Waals surface area contributed by atoms with Gasteiger partial charge in [0, 0.05) is 28.1 Å². The number of amides is 1. The van der Waals surface area contributed by atoms with Crippen molar-refractivity contribution in [2.75, 3.05) is 0 Å². The van der Waals surface area contributed by atoms with Crippen molar-refractivity contribution in [3.63, 3.8) is 0 Å². The van der Waals surface area contributed by atoms with E-state index in [0.29, 0.717) is 0 Å². The van der Waals surface area contributed by atoms with Crippen LogP contribution in [-0.2, 0) is 6.54 Å². The van der Waals surface area contributed by atoms with Crippen LogP contribution in [-0.4, -0.2) is 18.9 Å². The Labute approximate surface area is 168 Å². The summed E-state index contributed by atoms with van der Waals surface area (Å²) in [5.41, 5.74) is 3.55. The number of nitrogens with zero attached hydrogens (tertiary/aromatic N) is 1. The molecule has 2 aromatic carbocycles. The molecule has 0 saturated heterocycles. The van der Waals surface area contributed by atoms with Crippen LogP contribution in [0, 0.1) is 28.9 Å². The highest BCUT2D eigenvalue weighted by atomic mass is 35.5. The van der Waals surface area contributed by atoms with Crippen molar-refractivity contribution in [1.82, 2.24) is 4.90 Å². The maximum atomic E-state index is 14.5. The number of carbonyl (C=O) groups is 1. The van der Waals surface area contributed by atoms with Crippen molar-refractivity contribution in [2.24, 2.45) is 0 Å². The Hall–Kier alpha value is -2.23. The molecule has 7 heteroatoms. The van der Waals surface area contributed by atoms with Crippen molar-refractivity contribution in [1.29, 1.82) is 0 Å². The molecule has 0 saturated carbocycles. The summed E-state index contributed by atoms with van der Waals surface area (Å²) in [5, 5.41) is 0.110. The highest BCUT2D eigenvalue weighted by Crippen LogP contribution is 2.36. The fourth-order valence-corrected chi connectivity index (χ4v) is 4.01. The van der Waals surface area contributed by atoms with Crippen molar-refractivity contribution >= 4 is 25.6 Å². The van der Waals surface area contributed by atoms with Gasteiger partial charge in [0.2, 0.25) is 0 Å². The minimum Gasteiger partial charge on any atom is -0.326 e. The van der Waals surface area contributed by atoms with Crippen LogP contribution in [0.15, 0.2) is 30.3 Å². The first kappa shape index (κ1) is 20.5. The average molecular weight is 422 g/mol. The number of rotatable bonds is 3. The smallest absolute Gasteiger partial charge is 0.255 e. The fourth-order valence-electron chi connectivity index (χ4n) is 3.17. The summed E-state index contributed by atoms with van der Waals surface area (Å²) in [6.45, 7) is 6.14. The van der Waals surface area contributed by atoms with E-state index in [4.69, 9.17) is 11.6 Å². The van der Waals surface area contributed by atoms with Gasteiger partial charge in [0.1, 0.15) is 25.5 Å². The molecule has 0 radical (unpaired) electrons. The Morgan fingerprint density at radius 3 is 2.54 bits per heavy atom. The van der Waals surface area contributed by atoms with Gasteiger partial charge in [-0.05, 0) is 30.3 Å². The largest absolute Gasteiger partial charge is 0.326 e. The quantitative estimate of drug-likeness (QED) is 0.458. The molecule has 1 aliphatic heterocycles. The lowest BCUT2D eigenvalue weighted by molar-refractivity contribution is 0.0700. The van der Waals surface area contributed by atoms with E-state index < -0.39 is 37.5 Å². The second kappa shape index (κ2) is 7.65. The van der Waals surface area contributed by atoms with Crippen molar-refractivity contribution in [2.45, 2.75) is 38.6 Å². The number of carbonyl (C=O) groups excluding carboxylic acids is 1. The molecule has 1 aliphatic rings. The average Bonchev–Trinajstić information content (AvgIpc) is 2.91. The summed E-state index contributed by atoms with van der Waals surface area (Å²) < 4.78 is 42.6. The van der Waals surface area contributed by atoms with E-state index in [9.17, 15) is 18.0 Å². The zero-order chi connectivity index (χ0) is 20.6. The Morgan fingerprint density at radius 2 is 1.86 bits per heavy atom. The van der Waals surface area contributed by atoms with Crippen LogP contribution >= 0.6 is 11.6 Å². The fraction of sp³-hybridized carbons (Fsp3) is 0.286. The summed E-state index contributed by atoms with van der Waals surface area (Å²) in [4.78, 5) is 14.3. The molecule has 0 aliphatic carbocycles. The monoisotopic (exact) mass is 421 g/mol. The molecule has 0 bridgehead atoms. The maximum Gasteiger partial charge on any atom is 0.255 e. The van der Waals surface area contributed by atoms with Gasteiger partial charge in [-0.25, -0.2) is 13.2 Å². The topological polar surface area (TPSA) is 20.3 Å². The van der Waals surface area contributed by atoms with Gasteiger partial charge >= 0.3 is 0 Å². The summed E-state index contributed by atoms with van der Waals surface area (Å²) >= 11 is 5.88. The molecule has 0 aromatic heterocycles. The molecular weight excluding hydrogens is 403 g/mol. The van der Waals surface area contributed by atoms with Crippen molar-refractivity contribution in [3.05, 3.63) is 69.5 Å². The van der Waals surface area contributed by atoms with E-state index in [2.05, 4.69) is 31.1 Å². The van der Waals surface area contributed by atoms with Gasteiger partial charge < -0.3 is 4.90 Å². The molecule has 2 nitrogen and oxygen atoms in total. The number of benzene rings is 2. The lowest BCUT2D eigenvalue weighted by atomic mass is 10.0. The first-order valence-electron chi connectivity index (χ1n) is 8.80. The molecule has 28 heavy (non-hydrogen) atoms. The molecular formula is C21H19ClF3NOSi. The minimum atomic E-state index is -1.70. The van der Waals surface area contributed by atoms with Crippen LogP contribution in [0.5, 0.6) is 0 Å². The third-order valence-electron chi connectivity index (χ3n) is 4.43. The second-order valence-electron chi connectivity index (χ2n) is 7.78. The number of fused-ring (bicyclic) bond motifs is 1. The Kier molecular flexibility index (Phi) is 5.60. The standard InChI is InChI=1S/C21H19ClF3NOSi/c1-28(2,3)8-4-5-20(16-11-14(23)6-7-18(16)24)26-12-17-15(21(26)27)9-13(22)10-19(17)25/h6-7,9-11,20H,5,12H2,1-3H3. The van der Waals surface area contributed by atoms with E-state index in [-0.39, 0.29) is 34.7 Å². The van der Waals surface area contributed by atoms with Gasteiger partial charge in [-0.3, -0.25) is 4.79 Å². The maximum absolute atomic E-state index is 14.5. The zero-order valence-electron chi connectivity index (χ0n) is 15.7. The third-order valence-corrected chi connectivity index (χ3v) is 5.58. The van der Waals surface area contributed by atoms with E-state index in [0.717, 1.165) is 24.3 Å². The molecule has 2 aromatic rings. The van der Waals surface area contributed by atoms with E-state index in [1.54, 1.807) is 0 Å². The third kappa shape index (κ3) is 4.26. The predicted octanol–water partition coefficient (Wildman–Crippen LogP) is 5.73. The molecule has 146 valence electrons. The molecule has 3 rings (SSSR count). The summed E-state index contributed by atoms with van der Waals surface area (Å²) in [6.07, 6.45) is 0.125. The molecule has 0 N–H and O–H groups in total. The minimum absolute atomic E-state index is 0.0255.